The number of rotatable bonds is 4. The molecule has 0 spiro atoms. The van der Waals surface area contributed by atoms with E-state index in [1.165, 1.54) is 18.6 Å². The third kappa shape index (κ3) is 3.06. The molecule has 0 saturated carbocycles. The van der Waals surface area contributed by atoms with Crippen molar-refractivity contribution in [1.82, 2.24) is 24.9 Å². The topological polar surface area (TPSA) is 79.4 Å². The van der Waals surface area contributed by atoms with Crippen LogP contribution >= 0.6 is 0 Å². The molecule has 1 unspecified atom stereocenters. The predicted octanol–water partition coefficient (Wildman–Crippen LogP) is 4.88. The molecular formula is C22H17FN6. The van der Waals surface area contributed by atoms with Crippen LogP contribution in [0.25, 0.3) is 33.1 Å². The standard InChI is InChI=1S/C22H17FN6/c1-13(29-22-20-21(26-11-25-20)27-12-28-22)17-7-6-14-4-2-3-5-18(14)19(17)15-8-16(23)10-24-9-15/h2-13H,1H3,(H2,25,26,27,28,29). The predicted molar refractivity (Wildman–Crippen MR) is 111 cm³/mol. The van der Waals surface area contributed by atoms with Crippen molar-refractivity contribution in [3.63, 3.8) is 0 Å². The second-order valence-electron chi connectivity index (χ2n) is 6.83. The van der Waals surface area contributed by atoms with Gasteiger partial charge in [0.2, 0.25) is 0 Å². The third-order valence-corrected chi connectivity index (χ3v) is 4.99. The number of aromatic amines is 1. The number of H-pyrrole nitrogens is 1. The molecule has 7 heteroatoms. The number of anilines is 1. The van der Waals surface area contributed by atoms with Gasteiger partial charge in [-0.25, -0.2) is 19.3 Å². The Balaban J connectivity index is 1.66. The summed E-state index contributed by atoms with van der Waals surface area (Å²) < 4.78 is 14.0. The number of nitrogens with zero attached hydrogens (tertiary/aromatic N) is 4. The molecule has 0 fully saturated rings. The van der Waals surface area contributed by atoms with E-state index in [1.807, 2.05) is 31.2 Å². The highest BCUT2D eigenvalue weighted by atomic mass is 19.1. The monoisotopic (exact) mass is 384 g/mol. The van der Waals surface area contributed by atoms with Crippen LogP contribution in [-0.2, 0) is 0 Å². The highest BCUT2D eigenvalue weighted by molar-refractivity contribution is 5.98. The molecule has 0 bridgehead atoms. The molecule has 0 aliphatic rings. The van der Waals surface area contributed by atoms with Crippen LogP contribution in [-0.4, -0.2) is 24.9 Å². The summed E-state index contributed by atoms with van der Waals surface area (Å²) in [5, 5.41) is 5.55. The zero-order valence-electron chi connectivity index (χ0n) is 15.6. The molecule has 2 N–H and O–H groups in total. The quantitative estimate of drug-likeness (QED) is 0.462. The lowest BCUT2D eigenvalue weighted by Crippen LogP contribution is -2.10. The SMILES string of the molecule is CC(Nc1ncnc2[nH]cnc12)c1ccc2ccccc2c1-c1cncc(F)c1. The van der Waals surface area contributed by atoms with Gasteiger partial charge in [-0.05, 0) is 34.9 Å². The Morgan fingerprint density at radius 3 is 2.83 bits per heavy atom. The highest BCUT2D eigenvalue weighted by Crippen LogP contribution is 2.36. The van der Waals surface area contributed by atoms with E-state index in [9.17, 15) is 4.39 Å². The zero-order chi connectivity index (χ0) is 19.8. The molecule has 6 nitrogen and oxygen atoms in total. The molecule has 3 heterocycles. The fourth-order valence-electron chi connectivity index (χ4n) is 3.67. The molecule has 0 saturated heterocycles. The van der Waals surface area contributed by atoms with Gasteiger partial charge in [-0.15, -0.1) is 0 Å². The average Bonchev–Trinajstić information content (AvgIpc) is 3.23. The van der Waals surface area contributed by atoms with Crippen LogP contribution < -0.4 is 5.32 Å². The number of aromatic nitrogens is 5. The van der Waals surface area contributed by atoms with Crippen molar-refractivity contribution < 1.29 is 4.39 Å². The smallest absolute Gasteiger partial charge is 0.162 e. The van der Waals surface area contributed by atoms with E-state index in [4.69, 9.17) is 0 Å². The van der Waals surface area contributed by atoms with Gasteiger partial charge >= 0.3 is 0 Å². The summed E-state index contributed by atoms with van der Waals surface area (Å²) in [6.45, 7) is 2.04. The minimum atomic E-state index is -0.365. The summed E-state index contributed by atoms with van der Waals surface area (Å²) in [4.78, 5) is 19.9. The fourth-order valence-corrected chi connectivity index (χ4v) is 3.67. The number of imidazole rings is 1. The van der Waals surface area contributed by atoms with Crippen molar-refractivity contribution in [3.8, 4) is 11.1 Å². The van der Waals surface area contributed by atoms with Crippen molar-refractivity contribution in [2.75, 3.05) is 5.32 Å². The first kappa shape index (κ1) is 17.2. The van der Waals surface area contributed by atoms with Gasteiger partial charge in [-0.3, -0.25) is 4.98 Å². The summed E-state index contributed by atoms with van der Waals surface area (Å²) >= 11 is 0. The van der Waals surface area contributed by atoms with Crippen molar-refractivity contribution in [1.29, 1.82) is 0 Å². The van der Waals surface area contributed by atoms with E-state index in [2.05, 4.69) is 42.4 Å². The molecule has 142 valence electrons. The van der Waals surface area contributed by atoms with E-state index in [0.717, 1.165) is 27.5 Å². The van der Waals surface area contributed by atoms with Crippen LogP contribution in [0.5, 0.6) is 0 Å². The number of pyridine rings is 1. The number of benzene rings is 2. The van der Waals surface area contributed by atoms with Gasteiger partial charge in [0.1, 0.15) is 17.7 Å². The van der Waals surface area contributed by atoms with Crippen molar-refractivity contribution in [2.24, 2.45) is 0 Å². The van der Waals surface area contributed by atoms with Gasteiger partial charge in [0, 0.05) is 11.8 Å². The second kappa shape index (κ2) is 6.94. The Labute approximate surface area is 165 Å². The van der Waals surface area contributed by atoms with Crippen molar-refractivity contribution >= 4 is 27.8 Å². The lowest BCUT2D eigenvalue weighted by Gasteiger charge is -2.20. The van der Waals surface area contributed by atoms with E-state index < -0.39 is 0 Å². The lowest BCUT2D eigenvalue weighted by molar-refractivity contribution is 0.622. The maximum Gasteiger partial charge on any atom is 0.162 e. The largest absolute Gasteiger partial charge is 0.362 e. The minimum Gasteiger partial charge on any atom is -0.362 e. The van der Waals surface area contributed by atoms with E-state index in [-0.39, 0.29) is 11.9 Å². The molecule has 1 atom stereocenters. The average molecular weight is 384 g/mol. The summed E-state index contributed by atoms with van der Waals surface area (Å²) in [6.07, 6.45) is 5.99. The first-order valence-corrected chi connectivity index (χ1v) is 9.24. The van der Waals surface area contributed by atoms with Gasteiger partial charge in [0.05, 0.1) is 18.6 Å². The lowest BCUT2D eigenvalue weighted by atomic mass is 9.91. The first-order chi connectivity index (χ1) is 14.2. The molecule has 0 radical (unpaired) electrons. The molecule has 0 aliphatic heterocycles. The summed E-state index contributed by atoms with van der Waals surface area (Å²) in [6, 6.07) is 13.6. The molecule has 0 amide bonds. The number of halogens is 1. The molecule has 3 aromatic heterocycles. The number of fused-ring (bicyclic) bond motifs is 2. The molecule has 5 rings (SSSR count). The Hall–Kier alpha value is -3.87. The fraction of sp³-hybridized carbons (Fsp3) is 0.0909. The van der Waals surface area contributed by atoms with Gasteiger partial charge < -0.3 is 10.3 Å². The van der Waals surface area contributed by atoms with Crippen LogP contribution in [0.2, 0.25) is 0 Å². The van der Waals surface area contributed by atoms with Crippen LogP contribution in [0.15, 0.2) is 67.5 Å². The molecule has 2 aromatic carbocycles. The van der Waals surface area contributed by atoms with E-state index in [0.29, 0.717) is 17.0 Å². The summed E-state index contributed by atoms with van der Waals surface area (Å²) in [5.74, 6) is 0.274. The Morgan fingerprint density at radius 2 is 1.93 bits per heavy atom. The maximum absolute atomic E-state index is 14.0. The van der Waals surface area contributed by atoms with Crippen LogP contribution in [0.4, 0.5) is 10.2 Å². The normalized spacial score (nSPS) is 12.3. The van der Waals surface area contributed by atoms with Crippen LogP contribution in [0.1, 0.15) is 18.5 Å². The third-order valence-electron chi connectivity index (χ3n) is 4.99. The molecule has 0 aliphatic carbocycles. The molecule has 5 aromatic rings. The van der Waals surface area contributed by atoms with Gasteiger partial charge in [-0.2, -0.15) is 0 Å². The maximum atomic E-state index is 14.0. The Bertz CT molecular complexity index is 1330. The zero-order valence-corrected chi connectivity index (χ0v) is 15.6. The van der Waals surface area contributed by atoms with Crippen LogP contribution in [0.3, 0.4) is 0 Å². The van der Waals surface area contributed by atoms with Gasteiger partial charge in [0.15, 0.2) is 11.5 Å². The summed E-state index contributed by atoms with van der Waals surface area (Å²) in [5.41, 5.74) is 4.04. The Morgan fingerprint density at radius 1 is 1.03 bits per heavy atom. The Kier molecular flexibility index (Phi) is 4.13. The van der Waals surface area contributed by atoms with Gasteiger partial charge in [-0.1, -0.05) is 36.4 Å². The van der Waals surface area contributed by atoms with Crippen LogP contribution in [0, 0.1) is 5.82 Å². The summed E-state index contributed by atoms with van der Waals surface area (Å²) in [7, 11) is 0. The van der Waals surface area contributed by atoms with Crippen molar-refractivity contribution in [2.45, 2.75) is 13.0 Å². The van der Waals surface area contributed by atoms with E-state index >= 15 is 0 Å². The molecular weight excluding hydrogens is 367 g/mol. The van der Waals surface area contributed by atoms with Gasteiger partial charge in [0.25, 0.3) is 0 Å². The highest BCUT2D eigenvalue weighted by Gasteiger charge is 2.18. The molecule has 29 heavy (non-hydrogen) atoms. The van der Waals surface area contributed by atoms with Crippen molar-refractivity contribution in [3.05, 3.63) is 78.9 Å². The van der Waals surface area contributed by atoms with E-state index in [1.54, 1.807) is 12.5 Å². The number of hydrogen-bond donors (Lipinski definition) is 2. The minimum absolute atomic E-state index is 0.118. The second-order valence-corrected chi connectivity index (χ2v) is 6.83. The number of hydrogen-bond acceptors (Lipinski definition) is 5. The first-order valence-electron chi connectivity index (χ1n) is 9.24. The number of nitrogens with one attached hydrogen (secondary N) is 2.